The van der Waals surface area contributed by atoms with Crippen molar-refractivity contribution in [3.05, 3.63) is 29.3 Å². The first-order valence-electron chi connectivity index (χ1n) is 6.72. The maximum Gasteiger partial charge on any atom is 0.319 e. The van der Waals surface area contributed by atoms with E-state index in [2.05, 4.69) is 22.0 Å². The lowest BCUT2D eigenvalue weighted by atomic mass is 9.93. The van der Waals surface area contributed by atoms with Crippen molar-refractivity contribution < 1.29 is 4.79 Å². The maximum atomic E-state index is 11.9. The van der Waals surface area contributed by atoms with Gasteiger partial charge in [-0.15, -0.1) is 0 Å². The van der Waals surface area contributed by atoms with Crippen LogP contribution in [0.3, 0.4) is 0 Å². The molecule has 1 fully saturated rings. The Labute approximate surface area is 107 Å². The number of hydrogen-bond donors (Lipinski definition) is 3. The first-order valence-corrected chi connectivity index (χ1v) is 6.72. The minimum atomic E-state index is -0.0633. The van der Waals surface area contributed by atoms with Gasteiger partial charge in [0.05, 0.1) is 0 Å². The van der Waals surface area contributed by atoms with Crippen LogP contribution in [0.5, 0.6) is 0 Å². The van der Waals surface area contributed by atoms with Crippen molar-refractivity contribution in [3.63, 3.8) is 0 Å². The Morgan fingerprint density at radius 1 is 1.33 bits per heavy atom. The smallest absolute Gasteiger partial charge is 0.319 e. The van der Waals surface area contributed by atoms with Crippen LogP contribution in [0, 0.1) is 0 Å². The van der Waals surface area contributed by atoms with Crippen LogP contribution < -0.4 is 16.0 Å². The van der Waals surface area contributed by atoms with E-state index in [0.29, 0.717) is 6.04 Å². The highest BCUT2D eigenvalue weighted by Gasteiger charge is 2.20. The standard InChI is InChI=1S/C14H19N3O/c18-14(16-11-4-2-5-11)17-13-6-1-3-10-9-15-8-7-12(10)13/h1,3,6,11,15H,2,4-5,7-9H2,(H2,16,17,18). The summed E-state index contributed by atoms with van der Waals surface area (Å²) in [5, 5.41) is 9.34. The van der Waals surface area contributed by atoms with Gasteiger partial charge in [-0.25, -0.2) is 4.79 Å². The Morgan fingerprint density at radius 2 is 2.22 bits per heavy atom. The predicted molar refractivity (Wildman–Crippen MR) is 71.6 cm³/mol. The minimum absolute atomic E-state index is 0.0633. The van der Waals surface area contributed by atoms with Gasteiger partial charge in [0.25, 0.3) is 0 Å². The largest absolute Gasteiger partial charge is 0.335 e. The van der Waals surface area contributed by atoms with E-state index in [-0.39, 0.29) is 6.03 Å². The molecule has 0 bridgehead atoms. The van der Waals surface area contributed by atoms with Gasteiger partial charge in [0.2, 0.25) is 0 Å². The average molecular weight is 245 g/mol. The van der Waals surface area contributed by atoms with Crippen molar-refractivity contribution >= 4 is 11.7 Å². The Bertz CT molecular complexity index is 454. The van der Waals surface area contributed by atoms with Gasteiger partial charge in [-0.05, 0) is 49.4 Å². The Kier molecular flexibility index (Phi) is 3.19. The van der Waals surface area contributed by atoms with Crippen molar-refractivity contribution in [2.75, 3.05) is 11.9 Å². The third kappa shape index (κ3) is 2.34. The van der Waals surface area contributed by atoms with Crippen LogP contribution in [0.15, 0.2) is 18.2 Å². The maximum absolute atomic E-state index is 11.9. The van der Waals surface area contributed by atoms with Gasteiger partial charge in [-0.2, -0.15) is 0 Å². The molecule has 0 unspecified atom stereocenters. The number of anilines is 1. The van der Waals surface area contributed by atoms with E-state index in [0.717, 1.165) is 38.0 Å². The van der Waals surface area contributed by atoms with Gasteiger partial charge in [-0.3, -0.25) is 0 Å². The van der Waals surface area contributed by atoms with Crippen molar-refractivity contribution in [3.8, 4) is 0 Å². The number of hydrogen-bond acceptors (Lipinski definition) is 2. The number of fused-ring (bicyclic) bond motifs is 1. The van der Waals surface area contributed by atoms with Crippen LogP contribution in [0.4, 0.5) is 10.5 Å². The summed E-state index contributed by atoms with van der Waals surface area (Å²) < 4.78 is 0. The van der Waals surface area contributed by atoms with E-state index in [9.17, 15) is 4.79 Å². The molecule has 0 radical (unpaired) electrons. The van der Waals surface area contributed by atoms with Crippen molar-refractivity contribution in [2.45, 2.75) is 38.3 Å². The molecule has 4 heteroatoms. The molecule has 1 aliphatic heterocycles. The Morgan fingerprint density at radius 3 is 3.00 bits per heavy atom. The van der Waals surface area contributed by atoms with Crippen LogP contribution in [0.1, 0.15) is 30.4 Å². The zero-order valence-corrected chi connectivity index (χ0v) is 10.5. The first-order chi connectivity index (χ1) is 8.83. The number of benzene rings is 1. The predicted octanol–water partition coefficient (Wildman–Crippen LogP) is 2.01. The number of carbonyl (C=O) groups excluding carboxylic acids is 1. The third-order valence-corrected chi connectivity index (χ3v) is 3.83. The van der Waals surface area contributed by atoms with E-state index in [1.807, 2.05) is 12.1 Å². The molecule has 0 spiro atoms. The Hall–Kier alpha value is -1.55. The van der Waals surface area contributed by atoms with E-state index < -0.39 is 0 Å². The van der Waals surface area contributed by atoms with Crippen molar-refractivity contribution in [1.29, 1.82) is 0 Å². The highest BCUT2D eigenvalue weighted by molar-refractivity contribution is 5.90. The molecule has 2 amide bonds. The van der Waals surface area contributed by atoms with Gasteiger partial charge in [-0.1, -0.05) is 12.1 Å². The number of rotatable bonds is 2. The molecule has 4 nitrogen and oxygen atoms in total. The summed E-state index contributed by atoms with van der Waals surface area (Å²) in [5.41, 5.74) is 3.54. The van der Waals surface area contributed by atoms with Gasteiger partial charge >= 0.3 is 6.03 Å². The van der Waals surface area contributed by atoms with Crippen LogP contribution in [-0.4, -0.2) is 18.6 Å². The van der Waals surface area contributed by atoms with E-state index in [1.54, 1.807) is 0 Å². The van der Waals surface area contributed by atoms with Gasteiger partial charge in [0.15, 0.2) is 0 Å². The number of urea groups is 1. The lowest BCUT2D eigenvalue weighted by Gasteiger charge is -2.27. The Balaban J connectivity index is 1.69. The molecule has 0 saturated heterocycles. The molecule has 0 aromatic heterocycles. The van der Waals surface area contributed by atoms with Crippen LogP contribution >= 0.6 is 0 Å². The molecule has 3 rings (SSSR count). The second-order valence-corrected chi connectivity index (χ2v) is 5.10. The molecular formula is C14H19N3O. The molecule has 1 heterocycles. The summed E-state index contributed by atoms with van der Waals surface area (Å²) in [6.07, 6.45) is 4.45. The summed E-state index contributed by atoms with van der Waals surface area (Å²) >= 11 is 0. The number of amides is 2. The second kappa shape index (κ2) is 4.98. The second-order valence-electron chi connectivity index (χ2n) is 5.10. The molecule has 1 aliphatic carbocycles. The summed E-state index contributed by atoms with van der Waals surface area (Å²) in [5.74, 6) is 0. The molecular weight excluding hydrogens is 226 g/mol. The zero-order chi connectivity index (χ0) is 12.4. The lowest BCUT2D eigenvalue weighted by molar-refractivity contribution is 0.240. The molecule has 1 saturated carbocycles. The molecule has 1 aromatic carbocycles. The first kappa shape index (κ1) is 11.5. The normalized spacial score (nSPS) is 18.7. The highest BCUT2D eigenvalue weighted by Crippen LogP contribution is 2.23. The van der Waals surface area contributed by atoms with Crippen LogP contribution in [-0.2, 0) is 13.0 Å². The monoisotopic (exact) mass is 245 g/mol. The van der Waals surface area contributed by atoms with E-state index >= 15 is 0 Å². The summed E-state index contributed by atoms with van der Waals surface area (Å²) in [7, 11) is 0. The van der Waals surface area contributed by atoms with Crippen molar-refractivity contribution in [2.24, 2.45) is 0 Å². The zero-order valence-electron chi connectivity index (χ0n) is 10.5. The molecule has 96 valence electrons. The van der Waals surface area contributed by atoms with E-state index in [1.165, 1.54) is 17.5 Å². The summed E-state index contributed by atoms with van der Waals surface area (Å²) in [6.45, 7) is 1.88. The van der Waals surface area contributed by atoms with E-state index in [4.69, 9.17) is 0 Å². The molecule has 2 aliphatic rings. The third-order valence-electron chi connectivity index (χ3n) is 3.83. The summed E-state index contributed by atoms with van der Waals surface area (Å²) in [4.78, 5) is 11.9. The van der Waals surface area contributed by atoms with Gasteiger partial charge in [0, 0.05) is 18.3 Å². The fraction of sp³-hybridized carbons (Fsp3) is 0.500. The minimum Gasteiger partial charge on any atom is -0.335 e. The molecule has 0 atom stereocenters. The molecule has 18 heavy (non-hydrogen) atoms. The van der Waals surface area contributed by atoms with Gasteiger partial charge < -0.3 is 16.0 Å². The van der Waals surface area contributed by atoms with Crippen LogP contribution in [0.25, 0.3) is 0 Å². The SMILES string of the molecule is O=C(Nc1cccc2c1CCNC2)NC1CCC1. The summed E-state index contributed by atoms with van der Waals surface area (Å²) in [6, 6.07) is 6.43. The van der Waals surface area contributed by atoms with Gasteiger partial charge in [0.1, 0.15) is 0 Å². The number of carbonyl (C=O) groups is 1. The topological polar surface area (TPSA) is 53.2 Å². The quantitative estimate of drug-likeness (QED) is 0.746. The molecule has 3 N–H and O–H groups in total. The highest BCUT2D eigenvalue weighted by atomic mass is 16.2. The number of nitrogens with one attached hydrogen (secondary N) is 3. The molecule has 1 aromatic rings. The average Bonchev–Trinajstić information content (AvgIpc) is 2.34. The lowest BCUT2D eigenvalue weighted by Crippen LogP contribution is -2.42. The van der Waals surface area contributed by atoms with Crippen LogP contribution in [0.2, 0.25) is 0 Å². The van der Waals surface area contributed by atoms with Crippen molar-refractivity contribution in [1.82, 2.24) is 10.6 Å². The fourth-order valence-corrected chi connectivity index (χ4v) is 2.55. The fourth-order valence-electron chi connectivity index (χ4n) is 2.55.